The van der Waals surface area contributed by atoms with E-state index >= 15 is 0 Å². The normalized spacial score (nSPS) is 10.8. The molecular weight excluding hydrogens is 300 g/mol. The molecule has 1 heterocycles. The van der Waals surface area contributed by atoms with E-state index in [1.54, 1.807) is 0 Å². The summed E-state index contributed by atoms with van der Waals surface area (Å²) in [6.45, 7) is 0.729. The van der Waals surface area contributed by atoms with Crippen LogP contribution in [0.1, 0.15) is 22.7 Å². The SMILES string of the molecule is O=C(NCCC=Cc1nc(CO)cs1)OCc1ccccc1. The number of amides is 1. The van der Waals surface area contributed by atoms with Crippen molar-refractivity contribution in [3.05, 3.63) is 58.1 Å². The van der Waals surface area contributed by atoms with E-state index in [1.807, 2.05) is 47.9 Å². The lowest BCUT2D eigenvalue weighted by molar-refractivity contribution is 0.140. The molecule has 0 saturated carbocycles. The average molecular weight is 318 g/mol. The van der Waals surface area contributed by atoms with E-state index in [1.165, 1.54) is 11.3 Å². The molecule has 0 fully saturated rings. The first kappa shape index (κ1) is 16.2. The Hall–Kier alpha value is -2.18. The van der Waals surface area contributed by atoms with E-state index < -0.39 is 6.09 Å². The van der Waals surface area contributed by atoms with E-state index in [4.69, 9.17) is 9.84 Å². The van der Waals surface area contributed by atoms with Crippen LogP contribution in [0.5, 0.6) is 0 Å². The standard InChI is InChI=1S/C16H18N2O3S/c19-10-14-12-22-15(18-14)8-4-5-9-17-16(20)21-11-13-6-2-1-3-7-13/h1-4,6-8,12,19H,5,9-11H2,(H,17,20). The smallest absolute Gasteiger partial charge is 0.407 e. The van der Waals surface area contributed by atoms with Gasteiger partial charge in [0.15, 0.2) is 0 Å². The number of benzene rings is 1. The molecular formula is C16H18N2O3S. The highest BCUT2D eigenvalue weighted by Gasteiger charge is 2.01. The monoisotopic (exact) mass is 318 g/mol. The zero-order valence-corrected chi connectivity index (χ0v) is 12.9. The van der Waals surface area contributed by atoms with Crippen LogP contribution < -0.4 is 5.32 Å². The minimum Gasteiger partial charge on any atom is -0.445 e. The van der Waals surface area contributed by atoms with Crippen molar-refractivity contribution in [3.8, 4) is 0 Å². The van der Waals surface area contributed by atoms with Gasteiger partial charge in [-0.05, 0) is 18.1 Å². The number of carbonyl (C=O) groups is 1. The number of aliphatic hydroxyl groups is 1. The van der Waals surface area contributed by atoms with Gasteiger partial charge in [-0.2, -0.15) is 0 Å². The van der Waals surface area contributed by atoms with E-state index in [0.29, 0.717) is 18.7 Å². The number of carbonyl (C=O) groups excluding carboxylic acids is 1. The first-order chi connectivity index (χ1) is 10.8. The molecule has 0 bridgehead atoms. The molecule has 0 saturated heterocycles. The van der Waals surface area contributed by atoms with Crippen LogP contribution >= 0.6 is 11.3 Å². The van der Waals surface area contributed by atoms with Gasteiger partial charge in [-0.1, -0.05) is 36.4 Å². The highest BCUT2D eigenvalue weighted by atomic mass is 32.1. The van der Waals surface area contributed by atoms with Crippen LogP contribution in [0.4, 0.5) is 4.79 Å². The minimum atomic E-state index is -0.422. The third kappa shape index (κ3) is 5.67. The van der Waals surface area contributed by atoms with Gasteiger partial charge in [-0.3, -0.25) is 0 Å². The first-order valence-electron chi connectivity index (χ1n) is 6.94. The summed E-state index contributed by atoms with van der Waals surface area (Å²) in [5, 5.41) is 14.3. The molecule has 0 aliphatic carbocycles. The molecule has 0 aliphatic rings. The van der Waals surface area contributed by atoms with E-state index in [2.05, 4.69) is 10.3 Å². The minimum absolute atomic E-state index is 0.0425. The third-order valence-corrected chi connectivity index (χ3v) is 3.64. The van der Waals surface area contributed by atoms with Crippen molar-refractivity contribution < 1.29 is 14.6 Å². The number of rotatable bonds is 7. The van der Waals surface area contributed by atoms with Crippen LogP contribution in [0.15, 0.2) is 41.8 Å². The zero-order chi connectivity index (χ0) is 15.6. The largest absolute Gasteiger partial charge is 0.445 e. The quantitative estimate of drug-likeness (QED) is 0.770. The Morgan fingerprint density at radius 3 is 2.91 bits per heavy atom. The maximum atomic E-state index is 11.5. The number of alkyl carbamates (subject to hydrolysis) is 1. The highest BCUT2D eigenvalue weighted by molar-refractivity contribution is 7.10. The van der Waals surface area contributed by atoms with Crippen molar-refractivity contribution in [1.29, 1.82) is 0 Å². The van der Waals surface area contributed by atoms with Crippen LogP contribution in [0, 0.1) is 0 Å². The molecule has 1 aromatic heterocycles. The van der Waals surface area contributed by atoms with Gasteiger partial charge in [0.05, 0.1) is 12.3 Å². The predicted octanol–water partition coefficient (Wildman–Crippen LogP) is 2.97. The van der Waals surface area contributed by atoms with Crippen molar-refractivity contribution >= 4 is 23.5 Å². The molecule has 5 nitrogen and oxygen atoms in total. The lowest BCUT2D eigenvalue weighted by Crippen LogP contribution is -2.24. The number of nitrogens with one attached hydrogen (secondary N) is 1. The average Bonchev–Trinajstić information content (AvgIpc) is 3.01. The zero-order valence-electron chi connectivity index (χ0n) is 12.1. The third-order valence-electron chi connectivity index (χ3n) is 2.79. The van der Waals surface area contributed by atoms with Gasteiger partial charge in [-0.25, -0.2) is 9.78 Å². The lowest BCUT2D eigenvalue weighted by Gasteiger charge is -2.05. The summed E-state index contributed by atoms with van der Waals surface area (Å²) in [5.74, 6) is 0. The van der Waals surface area contributed by atoms with E-state index in [9.17, 15) is 4.79 Å². The molecule has 0 unspecified atom stereocenters. The van der Waals surface area contributed by atoms with E-state index in [0.717, 1.165) is 10.6 Å². The number of thiazole rings is 1. The first-order valence-corrected chi connectivity index (χ1v) is 7.82. The van der Waals surface area contributed by atoms with Crippen molar-refractivity contribution in [2.24, 2.45) is 0 Å². The second-order valence-corrected chi connectivity index (χ2v) is 5.40. The second kappa shape index (κ2) is 8.96. The van der Waals surface area contributed by atoms with Crippen molar-refractivity contribution in [2.45, 2.75) is 19.6 Å². The van der Waals surface area contributed by atoms with Crippen LogP contribution in [0.25, 0.3) is 6.08 Å². The molecule has 0 radical (unpaired) electrons. The number of nitrogens with zero attached hydrogens (tertiary/aromatic N) is 1. The molecule has 0 aliphatic heterocycles. The summed E-state index contributed by atoms with van der Waals surface area (Å²) in [4.78, 5) is 15.7. The van der Waals surface area contributed by atoms with Crippen LogP contribution in [0.2, 0.25) is 0 Å². The summed E-state index contributed by atoms with van der Waals surface area (Å²) in [5.41, 5.74) is 1.63. The van der Waals surface area contributed by atoms with Gasteiger partial charge < -0.3 is 15.2 Å². The fraction of sp³-hybridized carbons (Fsp3) is 0.250. The van der Waals surface area contributed by atoms with Crippen LogP contribution in [0.3, 0.4) is 0 Å². The Morgan fingerprint density at radius 2 is 2.18 bits per heavy atom. The molecule has 2 rings (SSSR count). The maximum absolute atomic E-state index is 11.5. The Kier molecular flexibility index (Phi) is 6.60. The van der Waals surface area contributed by atoms with Gasteiger partial charge in [0.25, 0.3) is 0 Å². The maximum Gasteiger partial charge on any atom is 0.407 e. The number of aliphatic hydroxyl groups excluding tert-OH is 1. The predicted molar refractivity (Wildman–Crippen MR) is 86.3 cm³/mol. The molecule has 1 aromatic carbocycles. The molecule has 2 aromatic rings. The van der Waals surface area contributed by atoms with Crippen LogP contribution in [-0.2, 0) is 18.0 Å². The lowest BCUT2D eigenvalue weighted by atomic mass is 10.2. The molecule has 1 amide bonds. The summed E-state index contributed by atoms with van der Waals surface area (Å²) in [7, 11) is 0. The molecule has 116 valence electrons. The Balaban J connectivity index is 1.60. The Morgan fingerprint density at radius 1 is 1.36 bits per heavy atom. The summed E-state index contributed by atoms with van der Waals surface area (Å²) in [6, 6.07) is 9.54. The summed E-state index contributed by atoms with van der Waals surface area (Å²) in [6.07, 6.45) is 4.07. The van der Waals surface area contributed by atoms with Crippen LogP contribution in [-0.4, -0.2) is 22.7 Å². The molecule has 22 heavy (non-hydrogen) atoms. The number of hydrogen-bond acceptors (Lipinski definition) is 5. The summed E-state index contributed by atoms with van der Waals surface area (Å²) < 4.78 is 5.10. The number of ether oxygens (including phenoxy) is 1. The van der Waals surface area contributed by atoms with Gasteiger partial charge in [-0.15, -0.1) is 11.3 Å². The van der Waals surface area contributed by atoms with Crippen molar-refractivity contribution in [2.75, 3.05) is 6.54 Å². The Bertz CT molecular complexity index is 611. The van der Waals surface area contributed by atoms with Gasteiger partial charge >= 0.3 is 6.09 Å². The van der Waals surface area contributed by atoms with Gasteiger partial charge in [0, 0.05) is 11.9 Å². The van der Waals surface area contributed by atoms with E-state index in [-0.39, 0.29) is 13.2 Å². The fourth-order valence-electron chi connectivity index (χ4n) is 1.69. The molecule has 0 spiro atoms. The van der Waals surface area contributed by atoms with Crippen molar-refractivity contribution in [1.82, 2.24) is 10.3 Å². The molecule has 6 heteroatoms. The van der Waals surface area contributed by atoms with Crippen molar-refractivity contribution in [3.63, 3.8) is 0 Å². The Labute approximate surface area is 133 Å². The topological polar surface area (TPSA) is 71.5 Å². The van der Waals surface area contributed by atoms with Gasteiger partial charge in [0.1, 0.15) is 11.6 Å². The molecule has 2 N–H and O–H groups in total. The van der Waals surface area contributed by atoms with Gasteiger partial charge in [0.2, 0.25) is 0 Å². The summed E-state index contributed by atoms with van der Waals surface area (Å²) >= 11 is 1.47. The highest BCUT2D eigenvalue weighted by Crippen LogP contribution is 2.11. The number of hydrogen-bond donors (Lipinski definition) is 2. The fourth-order valence-corrected chi connectivity index (χ4v) is 2.42. The number of aromatic nitrogens is 1. The molecule has 0 atom stereocenters. The second-order valence-electron chi connectivity index (χ2n) is 4.51.